The van der Waals surface area contributed by atoms with Crippen molar-refractivity contribution in [1.29, 1.82) is 0 Å². The summed E-state index contributed by atoms with van der Waals surface area (Å²) in [6.07, 6.45) is 7.88. The molecular weight excluding hydrogens is 448 g/mol. The van der Waals surface area contributed by atoms with Crippen molar-refractivity contribution < 1.29 is 9.53 Å². The van der Waals surface area contributed by atoms with Gasteiger partial charge in [-0.05, 0) is 108 Å². The van der Waals surface area contributed by atoms with E-state index in [1.165, 1.54) is 31.2 Å². The molecule has 0 bridgehead atoms. The maximum atomic E-state index is 12.7. The molecule has 0 spiro atoms. The van der Waals surface area contributed by atoms with Gasteiger partial charge in [0.05, 0.1) is 23.2 Å². The minimum Gasteiger partial charge on any atom is -0.489 e. The molecule has 3 aliphatic rings. The van der Waals surface area contributed by atoms with Crippen LogP contribution in [0.5, 0.6) is 5.75 Å². The first-order chi connectivity index (χ1) is 17.3. The normalized spacial score (nSPS) is 24.1. The number of benzene rings is 2. The monoisotopic (exact) mass is 490 g/mol. The molecule has 1 aliphatic carbocycles. The van der Waals surface area contributed by atoms with E-state index in [2.05, 4.69) is 79.5 Å². The summed E-state index contributed by atoms with van der Waals surface area (Å²) < 4.78 is 6.31. The van der Waals surface area contributed by atoms with Crippen molar-refractivity contribution in [3.63, 3.8) is 0 Å². The fourth-order valence-corrected chi connectivity index (χ4v) is 6.28. The Morgan fingerprint density at radius 1 is 1.00 bits per heavy atom. The number of amides is 1. The van der Waals surface area contributed by atoms with Gasteiger partial charge < -0.3 is 24.8 Å². The van der Waals surface area contributed by atoms with Crippen LogP contribution in [-0.2, 0) is 4.79 Å². The molecule has 2 aromatic rings. The fourth-order valence-electron chi connectivity index (χ4n) is 6.28. The number of nitrogens with zero attached hydrogens (tertiary/aromatic N) is 3. The molecular formula is C30H42N4O2. The lowest BCUT2D eigenvalue weighted by molar-refractivity contribution is -0.118. The van der Waals surface area contributed by atoms with Crippen molar-refractivity contribution in [3.05, 3.63) is 42.0 Å². The summed E-state index contributed by atoms with van der Waals surface area (Å²) in [5.41, 5.74) is 5.55. The Labute approximate surface area is 216 Å². The smallest absolute Gasteiger partial charge is 0.228 e. The summed E-state index contributed by atoms with van der Waals surface area (Å²) in [4.78, 5) is 19.3. The molecule has 0 unspecified atom stereocenters. The van der Waals surface area contributed by atoms with Crippen LogP contribution in [0.3, 0.4) is 0 Å². The fraction of sp³-hybridized carbons (Fsp3) is 0.567. The third-order valence-corrected chi connectivity index (χ3v) is 8.35. The van der Waals surface area contributed by atoms with Gasteiger partial charge in [0, 0.05) is 37.8 Å². The van der Waals surface area contributed by atoms with Crippen LogP contribution in [-0.4, -0.2) is 56.7 Å². The summed E-state index contributed by atoms with van der Waals surface area (Å²) >= 11 is 0. The van der Waals surface area contributed by atoms with Gasteiger partial charge >= 0.3 is 0 Å². The van der Waals surface area contributed by atoms with Crippen LogP contribution in [0, 0.1) is 0 Å². The average Bonchev–Trinajstić information content (AvgIpc) is 3.29. The molecule has 0 aromatic heterocycles. The van der Waals surface area contributed by atoms with Crippen LogP contribution in [0.2, 0.25) is 0 Å². The summed E-state index contributed by atoms with van der Waals surface area (Å²) in [5, 5.41) is 3.64. The standard InChI is InChI=1S/C30H42N4O2/c1-20(2)36-29-17-22(21-8-12-24(13-9-21)32(3)4)10-14-26(29)31-23-11-15-27-28(18-23)34-16-6-7-25(34)19-30(35)33(27)5/h10-11,14-15,17-18,20-21,24-25,31H,6-9,12-13,16,19H2,1-5H3/t21?,24?,25-/m0/s1. The zero-order chi connectivity index (χ0) is 25.4. The lowest BCUT2D eigenvalue weighted by Crippen LogP contribution is -2.31. The van der Waals surface area contributed by atoms with E-state index in [1.54, 1.807) is 0 Å². The van der Waals surface area contributed by atoms with E-state index in [-0.39, 0.29) is 12.0 Å². The number of carbonyl (C=O) groups excluding carboxylic acids is 1. The third kappa shape index (κ3) is 5.06. The molecule has 1 N–H and O–H groups in total. The van der Waals surface area contributed by atoms with Crippen molar-refractivity contribution in [3.8, 4) is 5.75 Å². The first-order valence-electron chi connectivity index (χ1n) is 13.7. The molecule has 1 amide bonds. The van der Waals surface area contributed by atoms with Crippen LogP contribution in [0.1, 0.15) is 70.3 Å². The van der Waals surface area contributed by atoms with Crippen molar-refractivity contribution >= 4 is 28.7 Å². The van der Waals surface area contributed by atoms with Gasteiger partial charge in [0.2, 0.25) is 5.91 Å². The zero-order valence-electron chi connectivity index (χ0n) is 22.6. The second-order valence-corrected chi connectivity index (χ2v) is 11.4. The second-order valence-electron chi connectivity index (χ2n) is 11.4. The van der Waals surface area contributed by atoms with Crippen molar-refractivity contribution in [1.82, 2.24) is 4.90 Å². The number of rotatable bonds is 6. The number of anilines is 4. The number of hydrogen-bond donors (Lipinski definition) is 1. The number of nitrogens with one attached hydrogen (secondary N) is 1. The Morgan fingerprint density at radius 2 is 1.78 bits per heavy atom. The first-order valence-corrected chi connectivity index (χ1v) is 13.7. The van der Waals surface area contributed by atoms with E-state index in [0.717, 1.165) is 47.9 Å². The van der Waals surface area contributed by atoms with Gasteiger partial charge in [0.1, 0.15) is 5.75 Å². The van der Waals surface area contributed by atoms with Crippen LogP contribution in [0.25, 0.3) is 0 Å². The highest BCUT2D eigenvalue weighted by atomic mass is 16.5. The zero-order valence-corrected chi connectivity index (χ0v) is 22.6. The minimum absolute atomic E-state index is 0.0994. The van der Waals surface area contributed by atoms with Crippen molar-refractivity contribution in [2.24, 2.45) is 0 Å². The van der Waals surface area contributed by atoms with Gasteiger partial charge in [-0.1, -0.05) is 6.07 Å². The summed E-state index contributed by atoms with van der Waals surface area (Å²) in [6.45, 7) is 5.18. The van der Waals surface area contributed by atoms with E-state index in [1.807, 2.05) is 11.9 Å². The number of fused-ring (bicyclic) bond motifs is 3. The predicted molar refractivity (Wildman–Crippen MR) is 149 cm³/mol. The van der Waals surface area contributed by atoms with Gasteiger partial charge in [-0.2, -0.15) is 0 Å². The van der Waals surface area contributed by atoms with Crippen LogP contribution >= 0.6 is 0 Å². The Balaban J connectivity index is 1.40. The average molecular weight is 491 g/mol. The number of carbonyl (C=O) groups is 1. The van der Waals surface area contributed by atoms with Crippen LogP contribution in [0.4, 0.5) is 22.7 Å². The van der Waals surface area contributed by atoms with Crippen LogP contribution < -0.4 is 19.9 Å². The summed E-state index contributed by atoms with van der Waals surface area (Å²) in [5.74, 6) is 1.71. The SMILES string of the molecule is CC(C)Oc1cc(C2CCC(N(C)C)CC2)ccc1Nc1ccc2c(c1)N1CCC[C@H]1CC(=O)N2C. The molecule has 2 heterocycles. The van der Waals surface area contributed by atoms with Gasteiger partial charge in [-0.3, -0.25) is 4.79 Å². The molecule has 2 aromatic carbocycles. The molecule has 36 heavy (non-hydrogen) atoms. The topological polar surface area (TPSA) is 48.1 Å². The minimum atomic E-state index is 0.0994. The van der Waals surface area contributed by atoms with Gasteiger partial charge in [-0.25, -0.2) is 0 Å². The molecule has 1 saturated carbocycles. The second kappa shape index (κ2) is 10.3. The van der Waals surface area contributed by atoms with E-state index in [9.17, 15) is 4.79 Å². The maximum Gasteiger partial charge on any atom is 0.228 e. The molecule has 5 rings (SSSR count). The van der Waals surface area contributed by atoms with Crippen molar-refractivity contribution in [2.45, 2.75) is 82.9 Å². The number of hydrogen-bond acceptors (Lipinski definition) is 5. The largest absolute Gasteiger partial charge is 0.489 e. The number of ether oxygens (including phenoxy) is 1. The highest BCUT2D eigenvalue weighted by Crippen LogP contribution is 2.42. The highest BCUT2D eigenvalue weighted by molar-refractivity contribution is 5.99. The van der Waals surface area contributed by atoms with E-state index in [0.29, 0.717) is 24.4 Å². The highest BCUT2D eigenvalue weighted by Gasteiger charge is 2.34. The molecule has 0 radical (unpaired) electrons. The Morgan fingerprint density at radius 3 is 2.50 bits per heavy atom. The van der Waals surface area contributed by atoms with E-state index >= 15 is 0 Å². The molecule has 1 atom stereocenters. The Hall–Kier alpha value is -2.73. The lowest BCUT2D eigenvalue weighted by Gasteiger charge is -2.33. The molecule has 194 valence electrons. The Kier molecular flexibility index (Phi) is 7.16. The molecule has 2 fully saturated rings. The molecule has 1 saturated heterocycles. The molecule has 6 nitrogen and oxygen atoms in total. The summed E-state index contributed by atoms with van der Waals surface area (Å²) in [7, 11) is 6.29. The third-order valence-electron chi connectivity index (χ3n) is 8.35. The van der Waals surface area contributed by atoms with Gasteiger partial charge in [0.25, 0.3) is 0 Å². The Bertz CT molecular complexity index is 1090. The lowest BCUT2D eigenvalue weighted by atomic mass is 9.81. The van der Waals surface area contributed by atoms with E-state index < -0.39 is 0 Å². The van der Waals surface area contributed by atoms with Crippen LogP contribution in [0.15, 0.2) is 36.4 Å². The van der Waals surface area contributed by atoms with Crippen molar-refractivity contribution in [2.75, 3.05) is 42.8 Å². The van der Waals surface area contributed by atoms with E-state index in [4.69, 9.17) is 4.74 Å². The summed E-state index contributed by atoms with van der Waals surface area (Å²) in [6, 6.07) is 14.1. The first kappa shape index (κ1) is 24.9. The van der Waals surface area contributed by atoms with Gasteiger partial charge in [-0.15, -0.1) is 0 Å². The maximum absolute atomic E-state index is 12.7. The molecule has 6 heteroatoms. The quantitative estimate of drug-likeness (QED) is 0.527. The van der Waals surface area contributed by atoms with Gasteiger partial charge in [0.15, 0.2) is 0 Å². The molecule has 2 aliphatic heterocycles. The predicted octanol–water partition coefficient (Wildman–Crippen LogP) is 6.14.